The first-order chi connectivity index (χ1) is 9.03. The molecule has 0 aliphatic rings. The molecule has 0 aromatic heterocycles. The van der Waals surface area contributed by atoms with Crippen LogP contribution in [0.4, 0.5) is 0 Å². The highest BCUT2D eigenvalue weighted by Crippen LogP contribution is 2.11. The summed E-state index contributed by atoms with van der Waals surface area (Å²) in [5.41, 5.74) is 1.12. The molecule has 0 saturated carbocycles. The third-order valence-corrected chi connectivity index (χ3v) is 3.99. The molecule has 0 fully saturated rings. The lowest BCUT2D eigenvalue weighted by molar-refractivity contribution is 0.322. The van der Waals surface area contributed by atoms with Crippen molar-refractivity contribution in [2.24, 2.45) is 0 Å². The van der Waals surface area contributed by atoms with Crippen LogP contribution in [0.2, 0.25) is 0 Å². The Kier molecular flexibility index (Phi) is 6.83. The molecular formula is C13H22N2O3S. The number of sulfonamides is 1. The number of benzene rings is 1. The second kappa shape index (κ2) is 8.14. The Morgan fingerprint density at radius 2 is 2.05 bits per heavy atom. The summed E-state index contributed by atoms with van der Waals surface area (Å²) in [5, 5.41) is 2.92. The minimum atomic E-state index is -3.19. The van der Waals surface area contributed by atoms with Crippen LogP contribution in [-0.2, 0) is 10.0 Å². The molecule has 1 aromatic carbocycles. The lowest BCUT2D eigenvalue weighted by atomic mass is 10.2. The third-order valence-electron chi connectivity index (χ3n) is 2.52. The maximum Gasteiger partial charge on any atom is 0.211 e. The summed E-state index contributed by atoms with van der Waals surface area (Å²) in [6.45, 7) is 3.29. The highest BCUT2D eigenvalue weighted by atomic mass is 32.2. The van der Waals surface area contributed by atoms with Crippen molar-refractivity contribution in [3.05, 3.63) is 29.8 Å². The van der Waals surface area contributed by atoms with Gasteiger partial charge in [0.15, 0.2) is 0 Å². The molecule has 2 N–H and O–H groups in total. The molecule has 19 heavy (non-hydrogen) atoms. The van der Waals surface area contributed by atoms with Gasteiger partial charge in [0.2, 0.25) is 10.0 Å². The van der Waals surface area contributed by atoms with Crippen LogP contribution in [0.1, 0.15) is 12.0 Å². The van der Waals surface area contributed by atoms with Gasteiger partial charge in [0.1, 0.15) is 12.4 Å². The van der Waals surface area contributed by atoms with E-state index in [1.54, 1.807) is 7.05 Å². The Balaban J connectivity index is 2.23. The van der Waals surface area contributed by atoms with Gasteiger partial charge in [-0.15, -0.1) is 0 Å². The summed E-state index contributed by atoms with van der Waals surface area (Å²) in [6.07, 6.45) is 0.602. The first kappa shape index (κ1) is 15.9. The van der Waals surface area contributed by atoms with E-state index in [2.05, 4.69) is 10.0 Å². The van der Waals surface area contributed by atoms with Gasteiger partial charge >= 0.3 is 0 Å². The number of hydrogen-bond donors (Lipinski definition) is 2. The fourth-order valence-corrected chi connectivity index (χ4v) is 2.65. The lowest BCUT2D eigenvalue weighted by Gasteiger charge is -2.09. The minimum Gasteiger partial charge on any atom is -0.492 e. The van der Waals surface area contributed by atoms with Gasteiger partial charge in [0.05, 0.1) is 5.75 Å². The molecule has 0 unspecified atom stereocenters. The predicted molar refractivity (Wildman–Crippen MR) is 77.0 cm³/mol. The van der Waals surface area contributed by atoms with Gasteiger partial charge in [-0.2, -0.15) is 0 Å². The highest BCUT2D eigenvalue weighted by molar-refractivity contribution is 7.89. The van der Waals surface area contributed by atoms with Crippen molar-refractivity contribution in [1.29, 1.82) is 0 Å². The van der Waals surface area contributed by atoms with Crippen LogP contribution in [0.5, 0.6) is 5.75 Å². The highest BCUT2D eigenvalue weighted by Gasteiger charge is 2.08. The first-order valence-corrected chi connectivity index (χ1v) is 8.00. The van der Waals surface area contributed by atoms with Crippen LogP contribution in [0.3, 0.4) is 0 Å². The topological polar surface area (TPSA) is 67.4 Å². The molecule has 0 heterocycles. The van der Waals surface area contributed by atoms with Gasteiger partial charge in [-0.3, -0.25) is 0 Å². The number of hydrogen-bond acceptors (Lipinski definition) is 4. The summed E-state index contributed by atoms with van der Waals surface area (Å²) < 4.78 is 31.1. The predicted octanol–water partition coefficient (Wildman–Crippen LogP) is 0.903. The summed E-state index contributed by atoms with van der Waals surface area (Å²) in [7, 11) is -1.39. The van der Waals surface area contributed by atoms with Crippen LogP contribution < -0.4 is 14.8 Å². The van der Waals surface area contributed by atoms with Gasteiger partial charge in [-0.05, 0) is 44.6 Å². The molecule has 0 atom stereocenters. The fraction of sp³-hybridized carbons (Fsp3) is 0.538. The molecule has 0 bridgehead atoms. The van der Waals surface area contributed by atoms with Crippen molar-refractivity contribution in [1.82, 2.24) is 10.0 Å². The first-order valence-electron chi connectivity index (χ1n) is 6.35. The molecule has 5 nitrogen and oxygen atoms in total. The second-order valence-corrected chi connectivity index (χ2v) is 6.26. The van der Waals surface area contributed by atoms with E-state index in [0.717, 1.165) is 11.3 Å². The Hall–Kier alpha value is -1.11. The molecule has 1 aromatic rings. The van der Waals surface area contributed by atoms with Crippen molar-refractivity contribution >= 4 is 10.0 Å². The smallest absolute Gasteiger partial charge is 0.211 e. The van der Waals surface area contributed by atoms with E-state index in [1.807, 2.05) is 31.2 Å². The van der Waals surface area contributed by atoms with Gasteiger partial charge in [0.25, 0.3) is 0 Å². The maximum atomic E-state index is 11.6. The zero-order valence-electron chi connectivity index (χ0n) is 11.5. The Morgan fingerprint density at radius 1 is 1.26 bits per heavy atom. The number of aryl methyl sites for hydroxylation is 1. The zero-order valence-corrected chi connectivity index (χ0v) is 12.3. The number of rotatable bonds is 9. The molecule has 1 rings (SSSR count). The second-order valence-electron chi connectivity index (χ2n) is 4.34. The summed E-state index contributed by atoms with van der Waals surface area (Å²) in [6, 6.07) is 7.67. The molecule has 0 radical (unpaired) electrons. The Labute approximate surface area is 115 Å². The number of nitrogens with one attached hydrogen (secondary N) is 2. The van der Waals surface area contributed by atoms with E-state index in [0.29, 0.717) is 19.6 Å². The third kappa shape index (κ3) is 7.15. The lowest BCUT2D eigenvalue weighted by Crippen LogP contribution is -2.31. The van der Waals surface area contributed by atoms with Crippen molar-refractivity contribution < 1.29 is 13.2 Å². The Bertz CT molecular complexity index is 475. The molecule has 0 aliphatic carbocycles. The monoisotopic (exact) mass is 286 g/mol. The summed E-state index contributed by atoms with van der Waals surface area (Å²) in [4.78, 5) is 0. The average Bonchev–Trinajstić information content (AvgIpc) is 2.35. The molecule has 0 saturated heterocycles. The molecule has 0 spiro atoms. The van der Waals surface area contributed by atoms with Gasteiger partial charge < -0.3 is 10.1 Å². The largest absolute Gasteiger partial charge is 0.492 e. The van der Waals surface area contributed by atoms with Crippen LogP contribution in [0.25, 0.3) is 0 Å². The zero-order chi connectivity index (χ0) is 14.1. The van der Waals surface area contributed by atoms with Crippen LogP contribution >= 0.6 is 0 Å². The Morgan fingerprint density at radius 3 is 2.74 bits per heavy atom. The molecule has 0 amide bonds. The molecule has 6 heteroatoms. The van der Waals surface area contributed by atoms with E-state index in [1.165, 1.54) is 0 Å². The van der Waals surface area contributed by atoms with Crippen LogP contribution in [0, 0.1) is 6.92 Å². The standard InChI is InChI=1S/C13H22N2O3S/c1-12-5-3-6-13(11-12)18-9-8-15-19(16,17)10-4-7-14-2/h3,5-6,11,14-15H,4,7-10H2,1-2H3. The van der Waals surface area contributed by atoms with E-state index in [-0.39, 0.29) is 12.3 Å². The molecule has 0 aliphatic heterocycles. The normalized spacial score (nSPS) is 11.5. The average molecular weight is 286 g/mol. The SMILES string of the molecule is CNCCCS(=O)(=O)NCCOc1cccc(C)c1. The van der Waals surface area contributed by atoms with Crippen LogP contribution in [0.15, 0.2) is 24.3 Å². The van der Waals surface area contributed by atoms with E-state index >= 15 is 0 Å². The minimum absolute atomic E-state index is 0.137. The van der Waals surface area contributed by atoms with Crippen molar-refractivity contribution in [3.8, 4) is 5.75 Å². The van der Waals surface area contributed by atoms with Crippen molar-refractivity contribution in [2.45, 2.75) is 13.3 Å². The molecule has 108 valence electrons. The molecular weight excluding hydrogens is 264 g/mol. The van der Waals surface area contributed by atoms with Crippen molar-refractivity contribution in [3.63, 3.8) is 0 Å². The van der Waals surface area contributed by atoms with E-state index < -0.39 is 10.0 Å². The van der Waals surface area contributed by atoms with Crippen molar-refractivity contribution in [2.75, 3.05) is 32.5 Å². The van der Waals surface area contributed by atoms with Gasteiger partial charge in [-0.1, -0.05) is 12.1 Å². The van der Waals surface area contributed by atoms with E-state index in [9.17, 15) is 8.42 Å². The summed E-state index contributed by atoms with van der Waals surface area (Å²) >= 11 is 0. The maximum absolute atomic E-state index is 11.6. The van der Waals surface area contributed by atoms with Crippen LogP contribution in [-0.4, -0.2) is 40.9 Å². The van der Waals surface area contributed by atoms with Gasteiger partial charge in [0, 0.05) is 6.54 Å². The van der Waals surface area contributed by atoms with E-state index in [4.69, 9.17) is 4.74 Å². The fourth-order valence-electron chi connectivity index (χ4n) is 1.58. The van der Waals surface area contributed by atoms with Gasteiger partial charge in [-0.25, -0.2) is 13.1 Å². The number of ether oxygens (including phenoxy) is 1. The quantitative estimate of drug-likeness (QED) is 0.662. The summed E-state index contributed by atoms with van der Waals surface area (Å²) in [5.74, 6) is 0.896.